The van der Waals surface area contributed by atoms with Gasteiger partial charge < -0.3 is 11.1 Å². The van der Waals surface area contributed by atoms with Crippen molar-refractivity contribution in [3.8, 4) is 0 Å². The maximum absolute atomic E-state index is 13.4. The molecule has 104 valence electrons. The summed E-state index contributed by atoms with van der Waals surface area (Å²) in [5.74, 6) is -2.68. The Balaban J connectivity index is 2.43. The van der Waals surface area contributed by atoms with E-state index in [-0.39, 0.29) is 5.56 Å². The van der Waals surface area contributed by atoms with Crippen LogP contribution in [0.5, 0.6) is 0 Å². The Labute approximate surface area is 115 Å². The number of carbonyl (C=O) groups excluding carboxylic acids is 1. The van der Waals surface area contributed by atoms with Crippen LogP contribution in [0, 0.1) is 11.6 Å². The molecule has 0 saturated heterocycles. The Morgan fingerprint density at radius 2 is 1.75 bits per heavy atom. The molecule has 0 aliphatic heterocycles. The SMILES string of the molecule is CC(Nc1ccccc1)(C(N)=O)c1ccc(F)c(F)c1. The van der Waals surface area contributed by atoms with Crippen LogP contribution in [0.3, 0.4) is 0 Å². The number of primary amides is 1. The van der Waals surface area contributed by atoms with Crippen molar-refractivity contribution >= 4 is 11.6 Å². The summed E-state index contributed by atoms with van der Waals surface area (Å²) >= 11 is 0. The smallest absolute Gasteiger partial charge is 0.247 e. The zero-order valence-electron chi connectivity index (χ0n) is 10.9. The number of rotatable bonds is 4. The average Bonchev–Trinajstić information content (AvgIpc) is 2.42. The topological polar surface area (TPSA) is 55.1 Å². The van der Waals surface area contributed by atoms with E-state index < -0.39 is 23.1 Å². The molecule has 1 unspecified atom stereocenters. The van der Waals surface area contributed by atoms with E-state index in [1.165, 1.54) is 13.0 Å². The summed E-state index contributed by atoms with van der Waals surface area (Å²) in [4.78, 5) is 11.8. The van der Waals surface area contributed by atoms with E-state index in [1.807, 2.05) is 6.07 Å². The molecule has 2 rings (SSSR count). The minimum atomic E-state index is -1.34. The van der Waals surface area contributed by atoms with Gasteiger partial charge in [-0.2, -0.15) is 0 Å². The molecular weight excluding hydrogens is 262 g/mol. The van der Waals surface area contributed by atoms with Crippen LogP contribution in [0.25, 0.3) is 0 Å². The number of halogens is 2. The fraction of sp³-hybridized carbons (Fsp3) is 0.133. The highest BCUT2D eigenvalue weighted by Gasteiger charge is 2.33. The van der Waals surface area contributed by atoms with Crippen molar-refractivity contribution in [2.45, 2.75) is 12.5 Å². The minimum Gasteiger partial charge on any atom is -0.368 e. The van der Waals surface area contributed by atoms with Gasteiger partial charge in [0.1, 0.15) is 5.54 Å². The van der Waals surface area contributed by atoms with Crippen LogP contribution in [0.15, 0.2) is 48.5 Å². The van der Waals surface area contributed by atoms with Crippen LogP contribution in [0.1, 0.15) is 12.5 Å². The van der Waals surface area contributed by atoms with Gasteiger partial charge >= 0.3 is 0 Å². The van der Waals surface area contributed by atoms with Crippen LogP contribution in [0.2, 0.25) is 0 Å². The molecule has 2 aromatic carbocycles. The number of nitrogens with one attached hydrogen (secondary N) is 1. The standard InChI is InChI=1S/C15H14F2N2O/c1-15(14(18)20,19-11-5-3-2-4-6-11)10-7-8-12(16)13(17)9-10/h2-9,19H,1H3,(H2,18,20). The van der Waals surface area contributed by atoms with Gasteiger partial charge in [0.15, 0.2) is 11.6 Å². The van der Waals surface area contributed by atoms with Crippen LogP contribution < -0.4 is 11.1 Å². The summed E-state index contributed by atoms with van der Waals surface area (Å²) in [6.07, 6.45) is 0. The van der Waals surface area contributed by atoms with E-state index in [0.717, 1.165) is 12.1 Å². The van der Waals surface area contributed by atoms with Gasteiger partial charge in [0.2, 0.25) is 5.91 Å². The van der Waals surface area contributed by atoms with Crippen LogP contribution >= 0.6 is 0 Å². The van der Waals surface area contributed by atoms with Crippen molar-refractivity contribution in [1.29, 1.82) is 0 Å². The zero-order valence-corrected chi connectivity index (χ0v) is 10.9. The van der Waals surface area contributed by atoms with Gasteiger partial charge in [0.05, 0.1) is 0 Å². The third kappa shape index (κ3) is 2.61. The lowest BCUT2D eigenvalue weighted by Crippen LogP contribution is -2.45. The third-order valence-corrected chi connectivity index (χ3v) is 3.16. The van der Waals surface area contributed by atoms with E-state index in [9.17, 15) is 13.6 Å². The molecule has 3 nitrogen and oxygen atoms in total. The van der Waals surface area contributed by atoms with Gasteiger partial charge in [-0.1, -0.05) is 24.3 Å². The van der Waals surface area contributed by atoms with Crippen LogP contribution in [0.4, 0.5) is 14.5 Å². The van der Waals surface area contributed by atoms with E-state index in [2.05, 4.69) is 5.32 Å². The zero-order chi connectivity index (χ0) is 14.8. The summed E-state index contributed by atoms with van der Waals surface area (Å²) in [5.41, 5.74) is 4.99. The molecule has 3 N–H and O–H groups in total. The fourth-order valence-electron chi connectivity index (χ4n) is 1.89. The van der Waals surface area contributed by atoms with Crippen molar-refractivity contribution < 1.29 is 13.6 Å². The van der Waals surface area contributed by atoms with Gasteiger partial charge in [-0.05, 0) is 36.8 Å². The molecule has 1 atom stereocenters. The lowest BCUT2D eigenvalue weighted by Gasteiger charge is -2.29. The number of hydrogen-bond donors (Lipinski definition) is 2. The molecule has 0 aliphatic rings. The molecule has 2 aromatic rings. The van der Waals surface area contributed by atoms with E-state index in [0.29, 0.717) is 5.69 Å². The van der Waals surface area contributed by atoms with Gasteiger partial charge in [-0.3, -0.25) is 4.79 Å². The number of nitrogens with two attached hydrogens (primary N) is 1. The molecule has 0 saturated carbocycles. The monoisotopic (exact) mass is 276 g/mol. The molecule has 0 bridgehead atoms. The minimum absolute atomic E-state index is 0.257. The highest BCUT2D eigenvalue weighted by Crippen LogP contribution is 2.27. The summed E-state index contributed by atoms with van der Waals surface area (Å²) < 4.78 is 26.4. The third-order valence-electron chi connectivity index (χ3n) is 3.16. The number of amides is 1. The first-order valence-corrected chi connectivity index (χ1v) is 6.02. The lowest BCUT2D eigenvalue weighted by molar-refractivity contribution is -0.122. The Bertz CT molecular complexity index is 631. The summed E-state index contributed by atoms with van der Waals surface area (Å²) in [5, 5.41) is 2.95. The molecule has 0 heterocycles. The number of benzene rings is 2. The molecule has 5 heteroatoms. The largest absolute Gasteiger partial charge is 0.368 e. The van der Waals surface area contributed by atoms with Gasteiger partial charge in [0, 0.05) is 5.69 Å². The molecule has 0 aliphatic carbocycles. The fourth-order valence-corrected chi connectivity index (χ4v) is 1.89. The van der Waals surface area contributed by atoms with Crippen molar-refractivity contribution in [1.82, 2.24) is 0 Å². The molecule has 0 fully saturated rings. The van der Waals surface area contributed by atoms with E-state index in [1.54, 1.807) is 24.3 Å². The maximum Gasteiger partial charge on any atom is 0.247 e. The first-order chi connectivity index (χ1) is 9.43. The van der Waals surface area contributed by atoms with Crippen LogP contribution in [-0.2, 0) is 10.3 Å². The number of carbonyl (C=O) groups is 1. The second kappa shape index (κ2) is 5.28. The normalized spacial score (nSPS) is 13.6. The predicted octanol–water partition coefficient (Wildman–Crippen LogP) is 2.78. The van der Waals surface area contributed by atoms with Crippen LogP contribution in [-0.4, -0.2) is 5.91 Å². The number of hydrogen-bond acceptors (Lipinski definition) is 2. The second-order valence-electron chi connectivity index (χ2n) is 4.61. The number of para-hydroxylation sites is 1. The van der Waals surface area contributed by atoms with Crippen molar-refractivity contribution in [2.24, 2.45) is 5.73 Å². The van der Waals surface area contributed by atoms with Crippen molar-refractivity contribution in [2.75, 3.05) is 5.32 Å². The number of anilines is 1. The Morgan fingerprint density at radius 1 is 1.10 bits per heavy atom. The van der Waals surface area contributed by atoms with Gasteiger partial charge in [-0.15, -0.1) is 0 Å². The molecular formula is C15H14F2N2O. The average molecular weight is 276 g/mol. The highest BCUT2D eigenvalue weighted by atomic mass is 19.2. The van der Waals surface area contributed by atoms with Gasteiger partial charge in [0.25, 0.3) is 0 Å². The molecule has 0 spiro atoms. The Morgan fingerprint density at radius 3 is 2.30 bits per heavy atom. The first kappa shape index (κ1) is 14.0. The molecule has 0 aromatic heterocycles. The molecule has 0 radical (unpaired) electrons. The first-order valence-electron chi connectivity index (χ1n) is 6.02. The van der Waals surface area contributed by atoms with E-state index in [4.69, 9.17) is 5.73 Å². The Kier molecular flexibility index (Phi) is 3.70. The summed E-state index contributed by atoms with van der Waals surface area (Å²) in [7, 11) is 0. The van der Waals surface area contributed by atoms with Crippen molar-refractivity contribution in [3.05, 3.63) is 65.7 Å². The lowest BCUT2D eigenvalue weighted by atomic mass is 9.90. The summed E-state index contributed by atoms with van der Waals surface area (Å²) in [6, 6.07) is 12.2. The maximum atomic E-state index is 13.4. The second-order valence-corrected chi connectivity index (χ2v) is 4.61. The summed E-state index contributed by atoms with van der Waals surface area (Å²) in [6.45, 7) is 1.52. The molecule has 20 heavy (non-hydrogen) atoms. The predicted molar refractivity (Wildman–Crippen MR) is 73.0 cm³/mol. The van der Waals surface area contributed by atoms with E-state index >= 15 is 0 Å². The quantitative estimate of drug-likeness (QED) is 0.902. The highest BCUT2D eigenvalue weighted by molar-refractivity contribution is 5.88. The molecule has 1 amide bonds. The van der Waals surface area contributed by atoms with Gasteiger partial charge in [-0.25, -0.2) is 8.78 Å². The Hall–Kier alpha value is -2.43. The van der Waals surface area contributed by atoms with Crippen molar-refractivity contribution in [3.63, 3.8) is 0 Å².